The molecule has 4 heteroatoms. The lowest BCUT2D eigenvalue weighted by Gasteiger charge is -2.15. The number of benzene rings is 2. The van der Waals surface area contributed by atoms with E-state index < -0.39 is 7.29 Å². The second-order valence-electron chi connectivity index (χ2n) is 5.15. The Bertz CT molecular complexity index is 803. The Morgan fingerprint density at radius 1 is 0.826 bits per heavy atom. The summed E-state index contributed by atoms with van der Waals surface area (Å²) in [4.78, 5) is 4.30. The molecule has 0 spiro atoms. The second-order valence-corrected chi connectivity index (χ2v) is 7.53. The standard InChI is InChI=1S/C19H17N2OP/c1-16(19-14-8-9-15-20-19)21-23(22,17-10-4-2-5-11-17)18-12-6-3-7-13-18/h2-15H,1H3. The van der Waals surface area contributed by atoms with Gasteiger partial charge in [0.2, 0.25) is 7.29 Å². The highest BCUT2D eigenvalue weighted by atomic mass is 31.2. The average Bonchev–Trinajstić information content (AvgIpc) is 2.64. The molecule has 1 aromatic heterocycles. The highest BCUT2D eigenvalue weighted by Crippen LogP contribution is 2.45. The van der Waals surface area contributed by atoms with Crippen LogP contribution in [0.5, 0.6) is 0 Å². The molecule has 3 nitrogen and oxygen atoms in total. The normalized spacial score (nSPS) is 12.1. The van der Waals surface area contributed by atoms with Crippen molar-refractivity contribution in [2.45, 2.75) is 6.92 Å². The van der Waals surface area contributed by atoms with E-state index >= 15 is 0 Å². The molecule has 0 bridgehead atoms. The predicted octanol–water partition coefficient (Wildman–Crippen LogP) is 3.82. The van der Waals surface area contributed by atoms with E-state index in [0.717, 1.165) is 16.3 Å². The van der Waals surface area contributed by atoms with E-state index in [0.29, 0.717) is 5.71 Å². The van der Waals surface area contributed by atoms with Gasteiger partial charge in [-0.15, -0.1) is 0 Å². The minimum Gasteiger partial charge on any atom is -0.288 e. The smallest absolute Gasteiger partial charge is 0.247 e. The lowest BCUT2D eigenvalue weighted by molar-refractivity contribution is 0.588. The van der Waals surface area contributed by atoms with Gasteiger partial charge in [-0.3, -0.25) is 9.55 Å². The summed E-state index contributed by atoms with van der Waals surface area (Å²) < 4.78 is 18.4. The van der Waals surface area contributed by atoms with Gasteiger partial charge in [0.15, 0.2) is 0 Å². The van der Waals surface area contributed by atoms with E-state index in [1.54, 1.807) is 6.20 Å². The molecule has 0 radical (unpaired) electrons. The molecule has 0 saturated heterocycles. The quantitative estimate of drug-likeness (QED) is 0.542. The fourth-order valence-electron chi connectivity index (χ4n) is 2.36. The Kier molecular flexibility index (Phi) is 4.50. The number of aromatic nitrogens is 1. The van der Waals surface area contributed by atoms with Crippen LogP contribution in [0.25, 0.3) is 0 Å². The van der Waals surface area contributed by atoms with E-state index in [4.69, 9.17) is 0 Å². The van der Waals surface area contributed by atoms with Gasteiger partial charge < -0.3 is 0 Å². The van der Waals surface area contributed by atoms with Crippen molar-refractivity contribution in [3.05, 3.63) is 90.8 Å². The third-order valence-corrected chi connectivity index (χ3v) is 6.12. The lowest BCUT2D eigenvalue weighted by Crippen LogP contribution is -2.15. The molecule has 0 unspecified atom stereocenters. The predicted molar refractivity (Wildman–Crippen MR) is 96.2 cm³/mol. The molecule has 0 saturated carbocycles. The van der Waals surface area contributed by atoms with Crippen molar-refractivity contribution in [1.82, 2.24) is 4.98 Å². The molecular weight excluding hydrogens is 303 g/mol. The first-order valence-corrected chi connectivity index (χ1v) is 9.05. The van der Waals surface area contributed by atoms with Crippen LogP contribution >= 0.6 is 7.29 Å². The van der Waals surface area contributed by atoms with Gasteiger partial charge in [-0.2, -0.15) is 0 Å². The third kappa shape index (κ3) is 3.30. The Morgan fingerprint density at radius 3 is 1.83 bits per heavy atom. The molecule has 0 N–H and O–H groups in total. The fraction of sp³-hybridized carbons (Fsp3) is 0.0526. The third-order valence-electron chi connectivity index (χ3n) is 3.54. The summed E-state index contributed by atoms with van der Waals surface area (Å²) in [6.45, 7) is 1.85. The molecule has 3 rings (SSSR count). The monoisotopic (exact) mass is 320 g/mol. The number of pyridine rings is 1. The van der Waals surface area contributed by atoms with E-state index in [1.165, 1.54) is 0 Å². The van der Waals surface area contributed by atoms with Crippen LogP contribution < -0.4 is 10.6 Å². The van der Waals surface area contributed by atoms with Gasteiger partial charge >= 0.3 is 0 Å². The average molecular weight is 320 g/mol. The van der Waals surface area contributed by atoms with Crippen LogP contribution in [0.15, 0.2) is 89.8 Å². The van der Waals surface area contributed by atoms with Gasteiger partial charge in [0, 0.05) is 16.8 Å². The summed E-state index contributed by atoms with van der Waals surface area (Å²) in [5.41, 5.74) is 1.40. The SMILES string of the molecule is CC(=NP(=O)(c1ccccc1)c1ccccc1)c1ccccn1. The molecule has 114 valence electrons. The summed E-state index contributed by atoms with van der Waals surface area (Å²) in [5, 5.41) is 1.45. The largest absolute Gasteiger partial charge is 0.288 e. The molecule has 2 aromatic carbocycles. The summed E-state index contributed by atoms with van der Waals surface area (Å²) >= 11 is 0. The highest BCUT2D eigenvalue weighted by Gasteiger charge is 2.26. The summed E-state index contributed by atoms with van der Waals surface area (Å²) in [6.07, 6.45) is 1.71. The van der Waals surface area contributed by atoms with E-state index in [2.05, 4.69) is 9.75 Å². The van der Waals surface area contributed by atoms with Crippen molar-refractivity contribution >= 4 is 23.6 Å². The summed E-state index contributed by atoms with van der Waals surface area (Å²) in [5.74, 6) is 0. The van der Waals surface area contributed by atoms with Crippen molar-refractivity contribution in [3.63, 3.8) is 0 Å². The highest BCUT2D eigenvalue weighted by molar-refractivity contribution is 7.77. The van der Waals surface area contributed by atoms with Gasteiger partial charge in [0.25, 0.3) is 0 Å². The zero-order valence-electron chi connectivity index (χ0n) is 12.8. The maximum atomic E-state index is 13.8. The Morgan fingerprint density at radius 2 is 1.35 bits per heavy atom. The zero-order valence-corrected chi connectivity index (χ0v) is 13.7. The van der Waals surface area contributed by atoms with Crippen molar-refractivity contribution in [2.24, 2.45) is 4.76 Å². The number of nitrogens with zero attached hydrogens (tertiary/aromatic N) is 2. The Hall–Kier alpha value is -2.51. The van der Waals surface area contributed by atoms with Crippen LogP contribution in [0.3, 0.4) is 0 Å². The molecule has 1 heterocycles. The number of hydrogen-bond donors (Lipinski definition) is 0. The second kappa shape index (κ2) is 6.72. The Balaban J connectivity index is 2.16. The molecule has 0 aliphatic heterocycles. The lowest BCUT2D eigenvalue weighted by atomic mass is 10.3. The topological polar surface area (TPSA) is 42.3 Å². The first-order valence-electron chi connectivity index (χ1n) is 7.40. The Labute approximate surface area is 136 Å². The summed E-state index contributed by atoms with van der Waals surface area (Å²) in [6, 6.07) is 24.4. The maximum absolute atomic E-state index is 13.8. The van der Waals surface area contributed by atoms with Crippen molar-refractivity contribution < 1.29 is 4.57 Å². The van der Waals surface area contributed by atoms with Gasteiger partial charge in [-0.1, -0.05) is 42.5 Å². The molecule has 0 amide bonds. The number of rotatable bonds is 4. The van der Waals surface area contributed by atoms with Crippen molar-refractivity contribution in [2.75, 3.05) is 0 Å². The van der Waals surface area contributed by atoms with Crippen LogP contribution in [-0.2, 0) is 4.57 Å². The van der Waals surface area contributed by atoms with Crippen LogP contribution in [0.1, 0.15) is 12.6 Å². The van der Waals surface area contributed by atoms with Crippen LogP contribution in [0.4, 0.5) is 0 Å². The van der Waals surface area contributed by atoms with Crippen LogP contribution in [-0.4, -0.2) is 10.7 Å². The molecule has 23 heavy (non-hydrogen) atoms. The van der Waals surface area contributed by atoms with Gasteiger partial charge in [-0.25, -0.2) is 4.76 Å². The van der Waals surface area contributed by atoms with Crippen LogP contribution in [0.2, 0.25) is 0 Å². The van der Waals surface area contributed by atoms with Gasteiger partial charge in [0.1, 0.15) is 0 Å². The minimum atomic E-state index is -3.10. The molecule has 0 fully saturated rings. The van der Waals surface area contributed by atoms with Gasteiger partial charge in [0.05, 0.1) is 11.4 Å². The fourth-order valence-corrected chi connectivity index (χ4v) is 4.57. The van der Waals surface area contributed by atoms with Crippen molar-refractivity contribution in [1.29, 1.82) is 0 Å². The molecule has 0 aliphatic rings. The van der Waals surface area contributed by atoms with E-state index in [9.17, 15) is 4.57 Å². The summed E-state index contributed by atoms with van der Waals surface area (Å²) in [7, 11) is -3.10. The first kappa shape index (κ1) is 15.4. The van der Waals surface area contributed by atoms with E-state index in [1.807, 2.05) is 85.8 Å². The first-order chi connectivity index (χ1) is 11.2. The molecule has 0 aliphatic carbocycles. The van der Waals surface area contributed by atoms with E-state index in [-0.39, 0.29) is 0 Å². The molecular formula is C19H17N2OP. The molecule has 0 atom stereocenters. The zero-order chi connectivity index (χ0) is 16.1. The van der Waals surface area contributed by atoms with Crippen molar-refractivity contribution in [3.8, 4) is 0 Å². The van der Waals surface area contributed by atoms with Gasteiger partial charge in [-0.05, 0) is 43.3 Å². The maximum Gasteiger partial charge on any atom is 0.247 e. The van der Waals surface area contributed by atoms with Crippen LogP contribution in [0, 0.1) is 0 Å². The minimum absolute atomic E-state index is 0.668. The molecule has 3 aromatic rings. The number of hydrogen-bond acceptors (Lipinski definition) is 2.